The van der Waals surface area contributed by atoms with Crippen molar-refractivity contribution in [2.75, 3.05) is 39.5 Å². The summed E-state index contributed by atoms with van der Waals surface area (Å²) in [6, 6.07) is 3.74. The molecule has 0 aliphatic heterocycles. The molecule has 1 aromatic heterocycles. The Morgan fingerprint density at radius 1 is 1.27 bits per heavy atom. The van der Waals surface area contributed by atoms with Crippen LogP contribution in [0, 0.1) is 0 Å². The number of nitrogens with one attached hydrogen (secondary N) is 2. The highest BCUT2D eigenvalue weighted by Gasteiger charge is 1.97. The number of hydrogen-bond acceptors (Lipinski definition) is 4. The van der Waals surface area contributed by atoms with Gasteiger partial charge in [-0.25, -0.2) is 0 Å². The molecule has 0 amide bonds. The van der Waals surface area contributed by atoms with Gasteiger partial charge in [0.15, 0.2) is 5.96 Å². The van der Waals surface area contributed by atoms with E-state index in [1.807, 2.05) is 26.0 Å². The molecule has 0 saturated carbocycles. The van der Waals surface area contributed by atoms with Gasteiger partial charge in [0.25, 0.3) is 0 Å². The molecule has 0 spiro atoms. The Morgan fingerprint density at radius 3 is 2.82 bits per heavy atom. The fraction of sp³-hybridized carbons (Fsp3) is 0.600. The van der Waals surface area contributed by atoms with E-state index in [4.69, 9.17) is 9.47 Å². The van der Waals surface area contributed by atoms with Crippen molar-refractivity contribution in [3.63, 3.8) is 0 Å². The fourth-order valence-corrected chi connectivity index (χ4v) is 1.61. The Hall–Kier alpha value is -1.09. The number of nitrogens with zero attached hydrogens (tertiary/aromatic N) is 2. The Balaban J connectivity index is 0.00000441. The molecule has 2 N–H and O–H groups in total. The van der Waals surface area contributed by atoms with Crippen LogP contribution >= 0.6 is 24.0 Å². The average molecular weight is 422 g/mol. The monoisotopic (exact) mass is 422 g/mol. The SMILES string of the molecule is CCNC(=NCCCOCC)NCCOc1cccnc1.I. The molecular formula is C15H27IN4O2. The fourth-order valence-electron chi connectivity index (χ4n) is 1.61. The van der Waals surface area contributed by atoms with Crippen LogP contribution in [-0.4, -0.2) is 50.4 Å². The van der Waals surface area contributed by atoms with Gasteiger partial charge < -0.3 is 20.1 Å². The van der Waals surface area contributed by atoms with Gasteiger partial charge in [-0.3, -0.25) is 9.98 Å². The maximum absolute atomic E-state index is 5.56. The third-order valence-electron chi connectivity index (χ3n) is 2.56. The zero-order valence-electron chi connectivity index (χ0n) is 13.4. The number of rotatable bonds is 10. The number of ether oxygens (including phenoxy) is 2. The lowest BCUT2D eigenvalue weighted by Crippen LogP contribution is -2.39. The first kappa shape index (κ1) is 20.9. The van der Waals surface area contributed by atoms with Crippen LogP contribution in [0.15, 0.2) is 29.5 Å². The summed E-state index contributed by atoms with van der Waals surface area (Å²) in [5.41, 5.74) is 0. The summed E-state index contributed by atoms with van der Waals surface area (Å²) in [5, 5.41) is 6.44. The summed E-state index contributed by atoms with van der Waals surface area (Å²) in [6.07, 6.45) is 4.35. The molecule has 0 radical (unpaired) electrons. The van der Waals surface area contributed by atoms with Gasteiger partial charge in [0.2, 0.25) is 0 Å². The third-order valence-corrected chi connectivity index (χ3v) is 2.56. The van der Waals surface area contributed by atoms with E-state index in [-0.39, 0.29) is 24.0 Å². The smallest absolute Gasteiger partial charge is 0.191 e. The first-order valence-electron chi connectivity index (χ1n) is 7.49. The summed E-state index contributed by atoms with van der Waals surface area (Å²) in [6.45, 7) is 8.39. The van der Waals surface area contributed by atoms with Crippen molar-refractivity contribution in [2.24, 2.45) is 4.99 Å². The average Bonchev–Trinajstić information content (AvgIpc) is 2.52. The minimum absolute atomic E-state index is 0. The number of hydrogen-bond donors (Lipinski definition) is 2. The minimum Gasteiger partial charge on any atom is -0.490 e. The van der Waals surface area contributed by atoms with Crippen LogP contribution < -0.4 is 15.4 Å². The van der Waals surface area contributed by atoms with Crippen LogP contribution in [-0.2, 0) is 4.74 Å². The van der Waals surface area contributed by atoms with E-state index in [0.717, 1.165) is 44.4 Å². The predicted molar refractivity (Wildman–Crippen MR) is 100 cm³/mol. The zero-order valence-corrected chi connectivity index (χ0v) is 15.7. The first-order chi connectivity index (χ1) is 10.4. The molecule has 0 aromatic carbocycles. The Kier molecular flexibility index (Phi) is 14.1. The van der Waals surface area contributed by atoms with Crippen molar-refractivity contribution < 1.29 is 9.47 Å². The van der Waals surface area contributed by atoms with E-state index in [1.165, 1.54) is 0 Å². The van der Waals surface area contributed by atoms with Crippen LogP contribution in [0.2, 0.25) is 0 Å². The molecular weight excluding hydrogens is 395 g/mol. The minimum atomic E-state index is 0. The van der Waals surface area contributed by atoms with Crippen LogP contribution in [0.3, 0.4) is 0 Å². The molecule has 0 aliphatic rings. The van der Waals surface area contributed by atoms with E-state index in [9.17, 15) is 0 Å². The van der Waals surface area contributed by atoms with Gasteiger partial charge in [0.05, 0.1) is 12.7 Å². The molecule has 0 aliphatic carbocycles. The van der Waals surface area contributed by atoms with Gasteiger partial charge in [-0.15, -0.1) is 24.0 Å². The highest BCUT2D eigenvalue weighted by Crippen LogP contribution is 2.04. The Morgan fingerprint density at radius 2 is 2.14 bits per heavy atom. The summed E-state index contributed by atoms with van der Waals surface area (Å²) in [4.78, 5) is 8.48. The summed E-state index contributed by atoms with van der Waals surface area (Å²) >= 11 is 0. The van der Waals surface area contributed by atoms with Gasteiger partial charge in [0.1, 0.15) is 12.4 Å². The lowest BCUT2D eigenvalue weighted by atomic mass is 10.4. The quantitative estimate of drug-likeness (QED) is 0.262. The molecule has 22 heavy (non-hydrogen) atoms. The number of guanidine groups is 1. The van der Waals surface area contributed by atoms with Crippen LogP contribution in [0.25, 0.3) is 0 Å². The van der Waals surface area contributed by atoms with Crippen LogP contribution in [0.1, 0.15) is 20.3 Å². The van der Waals surface area contributed by atoms with E-state index in [1.54, 1.807) is 12.4 Å². The topological polar surface area (TPSA) is 67.8 Å². The van der Waals surface area contributed by atoms with Crippen molar-refractivity contribution in [1.29, 1.82) is 0 Å². The highest BCUT2D eigenvalue weighted by atomic mass is 127. The van der Waals surface area contributed by atoms with Crippen molar-refractivity contribution in [3.8, 4) is 5.75 Å². The summed E-state index contributed by atoms with van der Waals surface area (Å²) in [5.74, 6) is 1.58. The van der Waals surface area contributed by atoms with Crippen LogP contribution in [0.5, 0.6) is 5.75 Å². The molecule has 1 rings (SSSR count). The maximum atomic E-state index is 5.56. The molecule has 1 heterocycles. The third kappa shape index (κ3) is 10.6. The van der Waals surface area contributed by atoms with Crippen molar-refractivity contribution in [1.82, 2.24) is 15.6 Å². The lowest BCUT2D eigenvalue weighted by molar-refractivity contribution is 0.146. The second-order valence-corrected chi connectivity index (χ2v) is 4.28. The second-order valence-electron chi connectivity index (χ2n) is 4.28. The molecule has 126 valence electrons. The summed E-state index contributed by atoms with van der Waals surface area (Å²) in [7, 11) is 0. The molecule has 0 saturated heterocycles. The van der Waals surface area contributed by atoms with E-state index >= 15 is 0 Å². The zero-order chi connectivity index (χ0) is 15.2. The normalized spacial score (nSPS) is 10.7. The highest BCUT2D eigenvalue weighted by molar-refractivity contribution is 14.0. The maximum Gasteiger partial charge on any atom is 0.191 e. The van der Waals surface area contributed by atoms with Gasteiger partial charge in [-0.1, -0.05) is 0 Å². The van der Waals surface area contributed by atoms with E-state index in [2.05, 4.69) is 20.6 Å². The van der Waals surface area contributed by atoms with E-state index < -0.39 is 0 Å². The molecule has 6 nitrogen and oxygen atoms in total. The first-order valence-corrected chi connectivity index (χ1v) is 7.49. The van der Waals surface area contributed by atoms with Crippen LogP contribution in [0.4, 0.5) is 0 Å². The Labute approximate surface area is 150 Å². The molecule has 1 aromatic rings. The van der Waals surface area contributed by atoms with Crippen molar-refractivity contribution >= 4 is 29.9 Å². The number of aromatic nitrogens is 1. The molecule has 7 heteroatoms. The van der Waals surface area contributed by atoms with Gasteiger partial charge in [0, 0.05) is 32.5 Å². The molecule has 0 unspecified atom stereocenters. The molecule has 0 fully saturated rings. The van der Waals surface area contributed by atoms with Gasteiger partial charge >= 0.3 is 0 Å². The molecule has 0 atom stereocenters. The predicted octanol–water partition coefficient (Wildman–Crippen LogP) is 2.06. The molecule has 0 bridgehead atoms. The van der Waals surface area contributed by atoms with Crippen molar-refractivity contribution in [2.45, 2.75) is 20.3 Å². The second kappa shape index (κ2) is 14.8. The summed E-state index contributed by atoms with van der Waals surface area (Å²) < 4.78 is 10.9. The Bertz CT molecular complexity index is 390. The lowest BCUT2D eigenvalue weighted by Gasteiger charge is -2.12. The number of aliphatic imine (C=N–C) groups is 1. The number of halogens is 1. The standard InChI is InChI=1S/C15H26N4O2.HI/c1-3-17-15(18-9-6-11-20-4-2)19-10-12-21-14-7-5-8-16-13-14;/h5,7-8,13H,3-4,6,9-12H2,1-2H3,(H2,17,18,19);1H. The largest absolute Gasteiger partial charge is 0.490 e. The van der Waals surface area contributed by atoms with E-state index in [0.29, 0.717) is 13.2 Å². The van der Waals surface area contributed by atoms with Crippen molar-refractivity contribution in [3.05, 3.63) is 24.5 Å². The number of pyridine rings is 1. The van der Waals surface area contributed by atoms with Gasteiger partial charge in [-0.05, 0) is 32.4 Å². The van der Waals surface area contributed by atoms with Gasteiger partial charge in [-0.2, -0.15) is 0 Å².